The van der Waals surface area contributed by atoms with Crippen LogP contribution in [0.1, 0.15) is 39.5 Å². The molecule has 0 aliphatic rings. The molecule has 1 aromatic heterocycles. The molecule has 0 unspecified atom stereocenters. The zero-order chi connectivity index (χ0) is 13.5. The van der Waals surface area contributed by atoms with E-state index in [4.69, 9.17) is 4.42 Å². The normalized spacial score (nSPS) is 11.2. The first kappa shape index (κ1) is 14.6. The molecule has 0 aromatic carbocycles. The number of carbonyl (C=O) groups excluding carboxylic acids is 1. The van der Waals surface area contributed by atoms with Crippen molar-refractivity contribution >= 4 is 5.91 Å². The third kappa shape index (κ3) is 4.83. The van der Waals surface area contributed by atoms with Gasteiger partial charge in [0.15, 0.2) is 0 Å². The summed E-state index contributed by atoms with van der Waals surface area (Å²) in [5.74, 6) is 1.21. The van der Waals surface area contributed by atoms with Gasteiger partial charge in [0, 0.05) is 12.5 Å². The summed E-state index contributed by atoms with van der Waals surface area (Å²) in [4.78, 5) is 13.6. The van der Waals surface area contributed by atoms with Gasteiger partial charge in [-0.3, -0.25) is 9.69 Å². The number of likely N-dealkylation sites (N-methyl/N-ethyl adjacent to an activating group) is 1. The van der Waals surface area contributed by atoms with Crippen LogP contribution < -0.4 is 5.32 Å². The molecule has 0 bridgehead atoms. The van der Waals surface area contributed by atoms with Crippen molar-refractivity contribution in [3.8, 4) is 0 Å². The fraction of sp³-hybridized carbons (Fsp3) is 0.750. The van der Waals surface area contributed by atoms with Gasteiger partial charge in [0.25, 0.3) is 0 Å². The highest BCUT2D eigenvalue weighted by Crippen LogP contribution is 2.04. The lowest BCUT2D eigenvalue weighted by Gasteiger charge is -2.18. The fourth-order valence-electron chi connectivity index (χ4n) is 1.54. The van der Waals surface area contributed by atoms with E-state index in [-0.39, 0.29) is 11.9 Å². The van der Waals surface area contributed by atoms with Gasteiger partial charge in [-0.25, -0.2) is 0 Å². The van der Waals surface area contributed by atoms with Gasteiger partial charge in [-0.15, -0.1) is 10.2 Å². The van der Waals surface area contributed by atoms with E-state index < -0.39 is 0 Å². The first-order valence-corrected chi connectivity index (χ1v) is 6.38. The van der Waals surface area contributed by atoms with E-state index in [0.717, 1.165) is 13.0 Å². The van der Waals surface area contributed by atoms with Crippen molar-refractivity contribution in [2.45, 2.75) is 46.7 Å². The van der Waals surface area contributed by atoms with Crippen LogP contribution in [0.25, 0.3) is 0 Å². The molecule has 0 aliphatic carbocycles. The lowest BCUT2D eigenvalue weighted by molar-refractivity contribution is -0.122. The van der Waals surface area contributed by atoms with Crippen molar-refractivity contribution in [2.24, 2.45) is 0 Å². The molecule has 0 atom stereocenters. The van der Waals surface area contributed by atoms with E-state index in [1.54, 1.807) is 0 Å². The number of nitrogens with zero attached hydrogens (tertiary/aromatic N) is 3. The molecule has 6 nitrogen and oxygen atoms in total. The molecular weight excluding hydrogens is 232 g/mol. The summed E-state index contributed by atoms with van der Waals surface area (Å²) in [6.45, 7) is 9.47. The average molecular weight is 254 g/mol. The van der Waals surface area contributed by atoms with Crippen molar-refractivity contribution < 1.29 is 9.21 Å². The molecule has 1 aromatic rings. The van der Waals surface area contributed by atoms with E-state index in [0.29, 0.717) is 24.9 Å². The van der Waals surface area contributed by atoms with Gasteiger partial charge >= 0.3 is 0 Å². The predicted molar refractivity (Wildman–Crippen MR) is 67.9 cm³/mol. The fourth-order valence-corrected chi connectivity index (χ4v) is 1.54. The van der Waals surface area contributed by atoms with Crippen LogP contribution >= 0.6 is 0 Å². The number of nitrogens with one attached hydrogen (secondary N) is 1. The number of hydrogen-bond donors (Lipinski definition) is 1. The lowest BCUT2D eigenvalue weighted by atomic mass is 10.3. The Balaban J connectivity index is 2.48. The van der Waals surface area contributed by atoms with Gasteiger partial charge in [-0.2, -0.15) is 0 Å². The number of amides is 1. The standard InChI is InChI=1S/C12H22N4O2/c1-5-11-14-15-12(18-11)8-16(6-2)7-10(17)13-9(3)4/h9H,5-8H2,1-4H3,(H,13,17). The molecule has 0 spiro atoms. The summed E-state index contributed by atoms with van der Waals surface area (Å²) in [5, 5.41) is 10.7. The summed E-state index contributed by atoms with van der Waals surface area (Å²) < 4.78 is 5.43. The highest BCUT2D eigenvalue weighted by atomic mass is 16.4. The van der Waals surface area contributed by atoms with Crippen molar-refractivity contribution in [1.29, 1.82) is 0 Å². The van der Waals surface area contributed by atoms with E-state index in [2.05, 4.69) is 15.5 Å². The molecule has 6 heteroatoms. The number of aryl methyl sites for hydroxylation is 1. The lowest BCUT2D eigenvalue weighted by Crippen LogP contribution is -2.39. The Hall–Kier alpha value is -1.43. The maximum absolute atomic E-state index is 11.7. The third-order valence-electron chi connectivity index (χ3n) is 2.43. The molecule has 1 rings (SSSR count). The highest BCUT2D eigenvalue weighted by molar-refractivity contribution is 5.78. The Morgan fingerprint density at radius 2 is 2.00 bits per heavy atom. The molecule has 1 N–H and O–H groups in total. The second-order valence-electron chi connectivity index (χ2n) is 4.47. The topological polar surface area (TPSA) is 71.3 Å². The van der Waals surface area contributed by atoms with E-state index in [9.17, 15) is 4.79 Å². The number of carbonyl (C=O) groups is 1. The van der Waals surface area contributed by atoms with Crippen LogP contribution in [0.15, 0.2) is 4.42 Å². The van der Waals surface area contributed by atoms with Gasteiger partial charge in [-0.05, 0) is 20.4 Å². The average Bonchev–Trinajstić information content (AvgIpc) is 2.74. The Bertz CT molecular complexity index is 376. The minimum atomic E-state index is 0.0158. The Morgan fingerprint density at radius 3 is 2.50 bits per heavy atom. The summed E-state index contributed by atoms with van der Waals surface area (Å²) in [5.41, 5.74) is 0. The summed E-state index contributed by atoms with van der Waals surface area (Å²) in [7, 11) is 0. The van der Waals surface area contributed by atoms with Crippen LogP contribution in [-0.4, -0.2) is 40.1 Å². The molecule has 0 aliphatic heterocycles. The molecule has 18 heavy (non-hydrogen) atoms. The van der Waals surface area contributed by atoms with Crippen LogP contribution in [0.4, 0.5) is 0 Å². The quantitative estimate of drug-likeness (QED) is 0.785. The highest BCUT2D eigenvalue weighted by Gasteiger charge is 2.13. The van der Waals surface area contributed by atoms with Gasteiger partial charge in [0.2, 0.25) is 17.7 Å². The zero-order valence-electron chi connectivity index (χ0n) is 11.6. The second-order valence-corrected chi connectivity index (χ2v) is 4.47. The van der Waals surface area contributed by atoms with Crippen molar-refractivity contribution in [2.75, 3.05) is 13.1 Å². The van der Waals surface area contributed by atoms with Crippen molar-refractivity contribution in [3.05, 3.63) is 11.8 Å². The third-order valence-corrected chi connectivity index (χ3v) is 2.43. The molecule has 0 fully saturated rings. The number of hydrogen-bond acceptors (Lipinski definition) is 5. The van der Waals surface area contributed by atoms with Gasteiger partial charge in [0.1, 0.15) is 0 Å². The van der Waals surface area contributed by atoms with Crippen LogP contribution in [0.3, 0.4) is 0 Å². The van der Waals surface area contributed by atoms with E-state index in [1.807, 2.05) is 32.6 Å². The summed E-state index contributed by atoms with van der Waals surface area (Å²) >= 11 is 0. The van der Waals surface area contributed by atoms with Gasteiger partial charge < -0.3 is 9.73 Å². The van der Waals surface area contributed by atoms with Crippen LogP contribution in [0.5, 0.6) is 0 Å². The van der Waals surface area contributed by atoms with Crippen LogP contribution in [0.2, 0.25) is 0 Å². The SMILES string of the molecule is CCc1nnc(CN(CC)CC(=O)NC(C)C)o1. The zero-order valence-corrected chi connectivity index (χ0v) is 11.6. The van der Waals surface area contributed by atoms with Crippen LogP contribution in [-0.2, 0) is 17.8 Å². The van der Waals surface area contributed by atoms with Gasteiger partial charge in [-0.1, -0.05) is 13.8 Å². The van der Waals surface area contributed by atoms with Gasteiger partial charge in [0.05, 0.1) is 13.1 Å². The second kappa shape index (κ2) is 7.10. The molecule has 102 valence electrons. The summed E-state index contributed by atoms with van der Waals surface area (Å²) in [6.07, 6.45) is 0.729. The summed E-state index contributed by atoms with van der Waals surface area (Å²) in [6, 6.07) is 0.159. The molecule has 0 saturated carbocycles. The van der Waals surface area contributed by atoms with Crippen molar-refractivity contribution in [1.82, 2.24) is 20.4 Å². The van der Waals surface area contributed by atoms with Crippen molar-refractivity contribution in [3.63, 3.8) is 0 Å². The largest absolute Gasteiger partial charge is 0.424 e. The van der Waals surface area contributed by atoms with E-state index >= 15 is 0 Å². The Labute approximate surface area is 108 Å². The molecule has 1 heterocycles. The Kier molecular flexibility index (Phi) is 5.77. The predicted octanol–water partition coefficient (Wildman–Crippen LogP) is 0.978. The maximum atomic E-state index is 11.7. The molecular formula is C12H22N4O2. The van der Waals surface area contributed by atoms with E-state index in [1.165, 1.54) is 0 Å². The smallest absolute Gasteiger partial charge is 0.234 e. The first-order chi connectivity index (χ1) is 8.55. The first-order valence-electron chi connectivity index (χ1n) is 6.38. The number of rotatable bonds is 7. The maximum Gasteiger partial charge on any atom is 0.234 e. The molecule has 0 saturated heterocycles. The molecule has 0 radical (unpaired) electrons. The monoisotopic (exact) mass is 254 g/mol. The molecule has 1 amide bonds. The number of aromatic nitrogens is 2. The van der Waals surface area contributed by atoms with Crippen LogP contribution in [0, 0.1) is 0 Å². The minimum absolute atomic E-state index is 0.0158. The minimum Gasteiger partial charge on any atom is -0.424 e. The Morgan fingerprint density at radius 1 is 1.33 bits per heavy atom.